The zero-order chi connectivity index (χ0) is 18.6. The summed E-state index contributed by atoms with van der Waals surface area (Å²) in [7, 11) is 0. The molecule has 3 rings (SSSR count). The van der Waals surface area contributed by atoms with Gasteiger partial charge >= 0.3 is 0 Å². The maximum atomic E-state index is 13.0. The van der Waals surface area contributed by atoms with E-state index in [4.69, 9.17) is 4.84 Å². The van der Waals surface area contributed by atoms with E-state index >= 15 is 0 Å². The molecule has 0 spiro atoms. The van der Waals surface area contributed by atoms with Gasteiger partial charge in [-0.1, -0.05) is 54.6 Å². The molecule has 134 valence electrons. The second kappa shape index (κ2) is 7.67. The number of carbonyl (C=O) groups excluding carboxylic acids is 1. The lowest BCUT2D eigenvalue weighted by Gasteiger charge is -2.29. The first-order chi connectivity index (χ1) is 12.4. The molecule has 0 bridgehead atoms. The number of benzene rings is 2. The van der Waals surface area contributed by atoms with Gasteiger partial charge in [-0.2, -0.15) is 0 Å². The molecule has 0 aliphatic heterocycles. The predicted molar refractivity (Wildman–Crippen MR) is 104 cm³/mol. The van der Waals surface area contributed by atoms with E-state index in [1.165, 1.54) is 5.06 Å². The highest BCUT2D eigenvalue weighted by Crippen LogP contribution is 2.18. The van der Waals surface area contributed by atoms with Gasteiger partial charge in [-0.3, -0.25) is 14.6 Å². The van der Waals surface area contributed by atoms with Crippen LogP contribution >= 0.6 is 0 Å². The summed E-state index contributed by atoms with van der Waals surface area (Å²) in [5.74, 6) is -0.221. The molecule has 0 N–H and O–H groups in total. The number of rotatable bonds is 5. The molecule has 4 nitrogen and oxygen atoms in total. The van der Waals surface area contributed by atoms with Crippen molar-refractivity contribution >= 4 is 16.7 Å². The van der Waals surface area contributed by atoms with E-state index in [0.29, 0.717) is 12.2 Å². The zero-order valence-corrected chi connectivity index (χ0v) is 15.5. The van der Waals surface area contributed by atoms with Crippen LogP contribution in [-0.4, -0.2) is 28.1 Å². The Hall–Kier alpha value is -2.72. The summed E-state index contributed by atoms with van der Waals surface area (Å²) in [4.78, 5) is 23.3. The van der Waals surface area contributed by atoms with E-state index in [1.54, 1.807) is 6.20 Å². The van der Waals surface area contributed by atoms with Gasteiger partial charge in [0, 0.05) is 11.6 Å². The van der Waals surface area contributed by atoms with Crippen LogP contribution in [0.15, 0.2) is 66.9 Å². The summed E-state index contributed by atoms with van der Waals surface area (Å²) in [5, 5.41) is 3.44. The summed E-state index contributed by atoms with van der Waals surface area (Å²) in [6.07, 6.45) is 2.45. The van der Waals surface area contributed by atoms with Gasteiger partial charge < -0.3 is 0 Å². The number of hydroxylamine groups is 2. The first-order valence-electron chi connectivity index (χ1n) is 8.82. The number of hydrogen-bond acceptors (Lipinski definition) is 3. The Morgan fingerprint density at radius 1 is 1.00 bits per heavy atom. The molecule has 1 amide bonds. The average Bonchev–Trinajstić information content (AvgIpc) is 2.64. The Morgan fingerprint density at radius 2 is 1.65 bits per heavy atom. The van der Waals surface area contributed by atoms with E-state index in [1.807, 2.05) is 81.4 Å². The van der Waals surface area contributed by atoms with Crippen molar-refractivity contribution in [3.05, 3.63) is 78.1 Å². The van der Waals surface area contributed by atoms with E-state index in [0.717, 1.165) is 22.8 Å². The van der Waals surface area contributed by atoms with Crippen LogP contribution < -0.4 is 0 Å². The molecule has 0 unspecified atom stereocenters. The van der Waals surface area contributed by atoms with Crippen LogP contribution in [0.5, 0.6) is 0 Å². The second-order valence-electron chi connectivity index (χ2n) is 7.26. The Balaban J connectivity index is 1.82. The highest BCUT2D eigenvalue weighted by Gasteiger charge is 2.24. The maximum absolute atomic E-state index is 13.0. The number of amides is 1. The molecule has 0 aliphatic rings. The van der Waals surface area contributed by atoms with E-state index in [-0.39, 0.29) is 5.91 Å². The fraction of sp³-hybridized carbons (Fsp3) is 0.273. The maximum Gasteiger partial charge on any atom is 0.296 e. The third-order valence-electron chi connectivity index (χ3n) is 3.91. The lowest BCUT2D eigenvalue weighted by atomic mass is 10.1. The first-order valence-corrected chi connectivity index (χ1v) is 8.82. The highest BCUT2D eigenvalue weighted by molar-refractivity contribution is 5.95. The molecule has 26 heavy (non-hydrogen) atoms. The number of fused-ring (bicyclic) bond motifs is 1. The molecule has 2 aromatic carbocycles. The molecule has 0 aliphatic carbocycles. The average molecular weight is 348 g/mol. The van der Waals surface area contributed by atoms with Crippen molar-refractivity contribution in [2.24, 2.45) is 0 Å². The minimum absolute atomic E-state index is 0.221. The summed E-state index contributed by atoms with van der Waals surface area (Å²) >= 11 is 0. The Morgan fingerprint density at radius 3 is 2.35 bits per heavy atom. The van der Waals surface area contributed by atoms with Crippen molar-refractivity contribution < 1.29 is 9.63 Å². The lowest BCUT2D eigenvalue weighted by molar-refractivity contribution is -0.195. The molecule has 0 saturated carbocycles. The van der Waals surface area contributed by atoms with Crippen molar-refractivity contribution in [3.63, 3.8) is 0 Å². The third-order valence-corrected chi connectivity index (χ3v) is 3.91. The molecule has 1 aromatic heterocycles. The van der Waals surface area contributed by atoms with Crippen molar-refractivity contribution in [2.45, 2.75) is 32.8 Å². The van der Waals surface area contributed by atoms with Gasteiger partial charge in [-0.25, -0.2) is 5.06 Å². The van der Waals surface area contributed by atoms with E-state index in [9.17, 15) is 4.79 Å². The SMILES string of the molecule is CC(C)(C)ON(CCc1ccccc1)C(=O)c1cc2ccccc2cn1. The van der Waals surface area contributed by atoms with Gasteiger partial charge in [-0.15, -0.1) is 0 Å². The summed E-state index contributed by atoms with van der Waals surface area (Å²) in [6.45, 7) is 6.27. The summed E-state index contributed by atoms with van der Waals surface area (Å²) < 4.78 is 0. The molecule has 0 saturated heterocycles. The smallest absolute Gasteiger partial charge is 0.265 e. The highest BCUT2D eigenvalue weighted by atomic mass is 16.7. The van der Waals surface area contributed by atoms with Gasteiger partial charge in [0.1, 0.15) is 5.69 Å². The minimum atomic E-state index is -0.469. The number of aromatic nitrogens is 1. The summed E-state index contributed by atoms with van der Waals surface area (Å²) in [5.41, 5.74) is 1.08. The van der Waals surface area contributed by atoms with Gasteiger partial charge in [-0.05, 0) is 44.2 Å². The van der Waals surface area contributed by atoms with E-state index in [2.05, 4.69) is 4.98 Å². The third kappa shape index (κ3) is 4.67. The van der Waals surface area contributed by atoms with E-state index < -0.39 is 5.60 Å². The second-order valence-corrected chi connectivity index (χ2v) is 7.26. The quantitative estimate of drug-likeness (QED) is 0.630. The number of pyridine rings is 1. The minimum Gasteiger partial charge on any atom is -0.265 e. The first kappa shape index (κ1) is 18.1. The van der Waals surface area contributed by atoms with Crippen molar-refractivity contribution in [1.29, 1.82) is 0 Å². The standard InChI is InChI=1S/C22H24N2O2/c1-22(2,3)26-24(14-13-17-9-5-4-6-10-17)21(25)20-15-18-11-7-8-12-19(18)16-23-20/h4-12,15-16H,13-14H2,1-3H3. The molecule has 1 heterocycles. The van der Waals surface area contributed by atoms with Gasteiger partial charge in [0.05, 0.1) is 12.1 Å². The van der Waals surface area contributed by atoms with Crippen LogP contribution in [0.1, 0.15) is 36.8 Å². The Bertz CT molecular complexity index is 885. The molecule has 3 aromatic rings. The number of nitrogens with zero attached hydrogens (tertiary/aromatic N) is 2. The molecular weight excluding hydrogens is 324 g/mol. The van der Waals surface area contributed by atoms with Crippen LogP contribution in [0.4, 0.5) is 0 Å². The van der Waals surface area contributed by atoms with Gasteiger partial charge in [0.25, 0.3) is 5.91 Å². The van der Waals surface area contributed by atoms with Gasteiger partial charge in [0.15, 0.2) is 0 Å². The molecule has 4 heteroatoms. The molecular formula is C22H24N2O2. The predicted octanol–water partition coefficient (Wildman–Crippen LogP) is 4.65. The monoisotopic (exact) mass is 348 g/mol. The summed E-state index contributed by atoms with van der Waals surface area (Å²) in [6, 6.07) is 19.8. The topological polar surface area (TPSA) is 42.4 Å². The largest absolute Gasteiger partial charge is 0.296 e. The van der Waals surface area contributed by atoms with Crippen LogP contribution in [0.3, 0.4) is 0 Å². The fourth-order valence-corrected chi connectivity index (χ4v) is 2.72. The normalized spacial score (nSPS) is 11.5. The number of hydrogen-bond donors (Lipinski definition) is 0. The van der Waals surface area contributed by atoms with Crippen molar-refractivity contribution in [3.8, 4) is 0 Å². The van der Waals surface area contributed by atoms with Gasteiger partial charge in [0.2, 0.25) is 0 Å². The zero-order valence-electron chi connectivity index (χ0n) is 15.5. The fourth-order valence-electron chi connectivity index (χ4n) is 2.72. The van der Waals surface area contributed by atoms with Crippen LogP contribution in [0, 0.1) is 0 Å². The van der Waals surface area contributed by atoms with Crippen LogP contribution in [-0.2, 0) is 11.3 Å². The molecule has 0 atom stereocenters. The van der Waals surface area contributed by atoms with Crippen LogP contribution in [0.2, 0.25) is 0 Å². The number of carbonyl (C=O) groups is 1. The molecule has 0 fully saturated rings. The Kier molecular flexibility index (Phi) is 5.33. The van der Waals surface area contributed by atoms with Crippen LogP contribution in [0.25, 0.3) is 10.8 Å². The van der Waals surface area contributed by atoms with Crippen molar-refractivity contribution in [1.82, 2.24) is 10.0 Å². The molecule has 0 radical (unpaired) electrons. The lowest BCUT2D eigenvalue weighted by Crippen LogP contribution is -2.40. The Labute approximate surface area is 154 Å². The van der Waals surface area contributed by atoms with Crippen molar-refractivity contribution in [2.75, 3.05) is 6.54 Å².